The van der Waals surface area contributed by atoms with Gasteiger partial charge in [-0.25, -0.2) is 9.97 Å². The standard InChI is InChI=1S/C25H22N6P.BrH/c26-23-22-24(31-25(27)30-23)28-16-18(29-22)17-32(19-10-4-1-5-11-19,20-12-6-2-7-13-20)21-14-8-3-9-15-21;/h1-16H,17H2,(H4,26,27,28,30,31);1H/q+1;/p-1. The van der Waals surface area contributed by atoms with Gasteiger partial charge in [0.15, 0.2) is 17.0 Å². The molecule has 0 fully saturated rings. The first-order valence-corrected chi connectivity index (χ1v) is 12.2. The van der Waals surface area contributed by atoms with Crippen molar-refractivity contribution in [2.75, 3.05) is 11.5 Å². The number of aromatic nitrogens is 4. The zero-order valence-electron chi connectivity index (χ0n) is 17.7. The van der Waals surface area contributed by atoms with Crippen LogP contribution >= 0.6 is 7.26 Å². The van der Waals surface area contributed by atoms with E-state index in [1.165, 1.54) is 15.9 Å². The molecule has 5 aromatic rings. The normalized spacial score (nSPS) is 11.2. The van der Waals surface area contributed by atoms with E-state index >= 15 is 0 Å². The predicted octanol–water partition coefficient (Wildman–Crippen LogP) is 0.0823. The van der Waals surface area contributed by atoms with Crippen LogP contribution < -0.4 is 44.4 Å². The molecule has 2 heterocycles. The number of nitrogen functional groups attached to an aromatic ring is 2. The Balaban J connectivity index is 0.00000259. The van der Waals surface area contributed by atoms with E-state index in [0.717, 1.165) is 5.69 Å². The molecule has 33 heavy (non-hydrogen) atoms. The maximum atomic E-state index is 6.10. The average molecular weight is 517 g/mol. The van der Waals surface area contributed by atoms with Crippen molar-refractivity contribution in [2.45, 2.75) is 6.16 Å². The summed E-state index contributed by atoms with van der Waals surface area (Å²) < 4.78 is 0. The Morgan fingerprint density at radius 3 is 1.61 bits per heavy atom. The van der Waals surface area contributed by atoms with Gasteiger partial charge in [-0.05, 0) is 36.4 Å². The molecule has 0 amide bonds. The van der Waals surface area contributed by atoms with Crippen molar-refractivity contribution in [3.8, 4) is 0 Å². The molecule has 0 aliphatic rings. The molecule has 0 radical (unpaired) electrons. The topological polar surface area (TPSA) is 104 Å². The van der Waals surface area contributed by atoms with E-state index < -0.39 is 7.26 Å². The van der Waals surface area contributed by atoms with Gasteiger partial charge in [-0.1, -0.05) is 54.6 Å². The molecule has 0 saturated carbocycles. The number of hydrogen-bond donors (Lipinski definition) is 2. The molecule has 0 aliphatic carbocycles. The SMILES string of the molecule is Nc1nc(N)c2nc(C[P+](c3ccccc3)(c3ccccc3)c3ccccc3)cnc2n1.[Br-]. The number of anilines is 2. The summed E-state index contributed by atoms with van der Waals surface area (Å²) in [6.45, 7) is 0. The van der Waals surface area contributed by atoms with Crippen LogP contribution in [-0.4, -0.2) is 19.9 Å². The largest absolute Gasteiger partial charge is 1.00 e. The second-order valence-corrected chi connectivity index (χ2v) is 11.0. The maximum Gasteiger partial charge on any atom is 0.224 e. The molecule has 0 saturated heterocycles. The Morgan fingerprint density at radius 1 is 0.636 bits per heavy atom. The van der Waals surface area contributed by atoms with Crippen LogP contribution in [0.4, 0.5) is 11.8 Å². The monoisotopic (exact) mass is 516 g/mol. The van der Waals surface area contributed by atoms with Crippen LogP contribution in [0, 0.1) is 0 Å². The highest BCUT2D eigenvalue weighted by Gasteiger charge is 2.45. The van der Waals surface area contributed by atoms with Crippen LogP contribution in [0.15, 0.2) is 97.2 Å². The Morgan fingerprint density at radius 2 is 1.12 bits per heavy atom. The summed E-state index contributed by atoms with van der Waals surface area (Å²) in [4.78, 5) is 17.6. The fourth-order valence-electron chi connectivity index (χ4n) is 4.07. The zero-order chi connectivity index (χ0) is 22.0. The number of halogens is 1. The number of hydrogen-bond acceptors (Lipinski definition) is 6. The highest BCUT2D eigenvalue weighted by Crippen LogP contribution is 2.57. The van der Waals surface area contributed by atoms with Crippen molar-refractivity contribution >= 4 is 46.1 Å². The summed E-state index contributed by atoms with van der Waals surface area (Å²) >= 11 is 0. The lowest BCUT2D eigenvalue weighted by Gasteiger charge is -2.27. The molecular weight excluding hydrogens is 495 g/mol. The van der Waals surface area contributed by atoms with E-state index in [4.69, 9.17) is 16.5 Å². The van der Waals surface area contributed by atoms with Crippen molar-refractivity contribution in [2.24, 2.45) is 0 Å². The number of fused-ring (bicyclic) bond motifs is 1. The molecule has 6 nitrogen and oxygen atoms in total. The fourth-order valence-corrected chi connectivity index (χ4v) is 8.19. The van der Waals surface area contributed by atoms with Gasteiger partial charge in [0.2, 0.25) is 5.95 Å². The van der Waals surface area contributed by atoms with Crippen LogP contribution in [0.3, 0.4) is 0 Å². The summed E-state index contributed by atoms with van der Waals surface area (Å²) in [5.74, 6) is 0.335. The van der Waals surface area contributed by atoms with E-state index in [2.05, 4.69) is 87.7 Å². The second kappa shape index (κ2) is 9.61. The quantitative estimate of drug-likeness (QED) is 0.321. The van der Waals surface area contributed by atoms with Crippen molar-refractivity contribution in [1.82, 2.24) is 19.9 Å². The van der Waals surface area contributed by atoms with Crippen LogP contribution in [-0.2, 0) is 6.16 Å². The van der Waals surface area contributed by atoms with Gasteiger partial charge in [-0.15, -0.1) is 0 Å². The number of nitrogens with two attached hydrogens (primary N) is 2. The van der Waals surface area contributed by atoms with Gasteiger partial charge in [0.05, 0.1) is 11.9 Å². The highest BCUT2D eigenvalue weighted by molar-refractivity contribution is 7.95. The lowest BCUT2D eigenvalue weighted by atomic mass is 10.3. The number of benzene rings is 3. The molecule has 0 atom stereocenters. The van der Waals surface area contributed by atoms with Gasteiger partial charge < -0.3 is 28.4 Å². The van der Waals surface area contributed by atoms with Gasteiger partial charge in [0, 0.05) is 0 Å². The van der Waals surface area contributed by atoms with Crippen molar-refractivity contribution in [3.05, 3.63) is 103 Å². The van der Waals surface area contributed by atoms with Crippen molar-refractivity contribution in [1.29, 1.82) is 0 Å². The Bertz CT molecular complexity index is 1270. The third kappa shape index (κ3) is 4.30. The maximum absolute atomic E-state index is 6.10. The predicted molar refractivity (Wildman–Crippen MR) is 133 cm³/mol. The first-order valence-electron chi connectivity index (χ1n) is 10.3. The molecule has 4 N–H and O–H groups in total. The molecular formula is C25H22BrN6P. The molecule has 0 unspecified atom stereocenters. The minimum Gasteiger partial charge on any atom is -1.00 e. The van der Waals surface area contributed by atoms with Gasteiger partial charge in [-0.2, -0.15) is 9.97 Å². The fraction of sp³-hybridized carbons (Fsp3) is 0.0400. The van der Waals surface area contributed by atoms with E-state index in [0.29, 0.717) is 17.3 Å². The summed E-state index contributed by atoms with van der Waals surface area (Å²) in [7, 11) is -2.09. The van der Waals surface area contributed by atoms with E-state index in [1.807, 2.05) is 18.2 Å². The van der Waals surface area contributed by atoms with Crippen molar-refractivity contribution in [3.63, 3.8) is 0 Å². The Labute approximate surface area is 203 Å². The Kier molecular flexibility index (Phi) is 6.63. The Hall–Kier alpha value is -3.41. The molecule has 0 aliphatic heterocycles. The van der Waals surface area contributed by atoms with E-state index in [-0.39, 0.29) is 28.7 Å². The third-order valence-electron chi connectivity index (χ3n) is 5.49. The molecule has 0 spiro atoms. The second-order valence-electron chi connectivity index (χ2n) is 7.48. The minimum absolute atomic E-state index is 0. The minimum atomic E-state index is -2.09. The summed E-state index contributed by atoms with van der Waals surface area (Å²) in [5.41, 5.74) is 13.5. The first-order chi connectivity index (χ1) is 15.7. The molecule has 8 heteroatoms. The van der Waals surface area contributed by atoms with Crippen molar-refractivity contribution < 1.29 is 17.0 Å². The molecule has 2 aromatic heterocycles. The molecule has 164 valence electrons. The first kappa shape index (κ1) is 22.8. The highest BCUT2D eigenvalue weighted by atomic mass is 79.9. The van der Waals surface area contributed by atoms with Gasteiger partial charge in [0.1, 0.15) is 29.3 Å². The smallest absolute Gasteiger partial charge is 0.224 e. The van der Waals surface area contributed by atoms with E-state index in [1.54, 1.807) is 6.20 Å². The van der Waals surface area contributed by atoms with Gasteiger partial charge in [0.25, 0.3) is 0 Å². The number of rotatable bonds is 5. The van der Waals surface area contributed by atoms with Gasteiger partial charge >= 0.3 is 0 Å². The third-order valence-corrected chi connectivity index (χ3v) is 9.83. The van der Waals surface area contributed by atoms with Crippen LogP contribution in [0.25, 0.3) is 11.2 Å². The lowest BCUT2D eigenvalue weighted by Crippen LogP contribution is -3.00. The van der Waals surface area contributed by atoms with Crippen LogP contribution in [0.5, 0.6) is 0 Å². The molecule has 5 rings (SSSR count). The molecule has 3 aromatic carbocycles. The zero-order valence-corrected chi connectivity index (χ0v) is 20.2. The summed E-state index contributed by atoms with van der Waals surface area (Å²) in [6, 6.07) is 32.0. The van der Waals surface area contributed by atoms with Crippen LogP contribution in [0.2, 0.25) is 0 Å². The van der Waals surface area contributed by atoms with Crippen LogP contribution in [0.1, 0.15) is 5.69 Å². The van der Waals surface area contributed by atoms with Gasteiger partial charge in [-0.3, -0.25) is 0 Å². The summed E-state index contributed by atoms with van der Waals surface area (Å²) in [6.07, 6.45) is 2.47. The average Bonchev–Trinajstić information content (AvgIpc) is 2.84. The lowest BCUT2D eigenvalue weighted by molar-refractivity contribution is -0.00000668. The molecule has 0 bridgehead atoms. The van der Waals surface area contributed by atoms with E-state index in [9.17, 15) is 0 Å². The summed E-state index contributed by atoms with van der Waals surface area (Å²) in [5, 5.41) is 3.84. The number of nitrogens with zero attached hydrogens (tertiary/aromatic N) is 4.